The van der Waals surface area contributed by atoms with Crippen molar-refractivity contribution in [1.29, 1.82) is 0 Å². The van der Waals surface area contributed by atoms with E-state index in [1.807, 2.05) is 0 Å². The Balaban J connectivity index is 0.000000980. The molecule has 0 bridgehead atoms. The third-order valence-corrected chi connectivity index (χ3v) is 3.38. The van der Waals surface area contributed by atoms with Crippen LogP contribution < -0.4 is 5.32 Å². The molecule has 1 heterocycles. The Hall–Kier alpha value is -0.0500. The number of nitrogens with one attached hydrogen (secondary N) is 1. The first-order chi connectivity index (χ1) is 6.21. The van der Waals surface area contributed by atoms with Gasteiger partial charge in [0.15, 0.2) is 0 Å². The summed E-state index contributed by atoms with van der Waals surface area (Å²) in [7, 11) is 0. The lowest BCUT2D eigenvalue weighted by Crippen LogP contribution is -2.32. The fourth-order valence-corrected chi connectivity index (χ4v) is 2.22. The molecule has 0 aromatic heterocycles. The summed E-state index contributed by atoms with van der Waals surface area (Å²) in [5.74, 6) is 0. The summed E-state index contributed by atoms with van der Waals surface area (Å²) in [6.45, 7) is 3.43. The van der Waals surface area contributed by atoms with Gasteiger partial charge >= 0.3 is 0 Å². The van der Waals surface area contributed by atoms with Gasteiger partial charge in [-0.1, -0.05) is 28.1 Å². The second-order valence-electron chi connectivity index (χ2n) is 3.87. The highest BCUT2D eigenvalue weighted by molar-refractivity contribution is 9.10. The van der Waals surface area contributed by atoms with E-state index >= 15 is 0 Å². The van der Waals surface area contributed by atoms with E-state index in [-0.39, 0.29) is 17.9 Å². The van der Waals surface area contributed by atoms with Crippen molar-refractivity contribution in [2.45, 2.75) is 25.3 Å². The number of rotatable bonds is 1. The minimum absolute atomic E-state index is 0. The first-order valence-corrected chi connectivity index (χ1v) is 5.51. The van der Waals surface area contributed by atoms with Gasteiger partial charge in [0, 0.05) is 10.0 Å². The summed E-state index contributed by atoms with van der Waals surface area (Å²) in [4.78, 5) is 0. The fraction of sp³-hybridized carbons (Fsp3) is 0.455. The monoisotopic (exact) mass is 275 g/mol. The van der Waals surface area contributed by atoms with Gasteiger partial charge in [0.2, 0.25) is 0 Å². The van der Waals surface area contributed by atoms with E-state index in [1.165, 1.54) is 18.4 Å². The second-order valence-corrected chi connectivity index (χ2v) is 4.79. The highest BCUT2D eigenvalue weighted by Gasteiger charge is 2.29. The van der Waals surface area contributed by atoms with E-state index in [0.717, 1.165) is 11.0 Å². The van der Waals surface area contributed by atoms with Gasteiger partial charge in [0.1, 0.15) is 0 Å². The molecule has 0 amide bonds. The summed E-state index contributed by atoms with van der Waals surface area (Å²) < 4.78 is 1.15. The maximum atomic E-state index is 3.55. The largest absolute Gasteiger partial charge is 0.308 e. The van der Waals surface area contributed by atoms with Crippen molar-refractivity contribution in [3.05, 3.63) is 34.3 Å². The van der Waals surface area contributed by atoms with Crippen molar-refractivity contribution in [3.8, 4) is 0 Å². The Morgan fingerprint density at radius 2 is 1.93 bits per heavy atom. The van der Waals surface area contributed by atoms with Crippen LogP contribution in [0.1, 0.15) is 25.3 Å². The molecule has 0 aliphatic carbocycles. The standard InChI is InChI=1S/C11H14BrN.ClH/c1-11(7-2-8-13-11)9-3-5-10(12)6-4-9;/h3-6,13H,2,7-8H2,1H3;1H. The molecule has 78 valence electrons. The molecule has 3 heteroatoms. The Morgan fingerprint density at radius 1 is 1.29 bits per heavy atom. The summed E-state index contributed by atoms with van der Waals surface area (Å²) in [6, 6.07) is 8.62. The Bertz CT molecular complexity index is 291. The smallest absolute Gasteiger partial charge is 0.0406 e. The molecule has 0 saturated carbocycles. The molecule has 1 nitrogen and oxygen atoms in total. The van der Waals surface area contributed by atoms with E-state index in [1.54, 1.807) is 0 Å². The first kappa shape index (κ1) is 12.0. The quantitative estimate of drug-likeness (QED) is 0.828. The van der Waals surface area contributed by atoms with Crippen LogP contribution in [0.25, 0.3) is 0 Å². The molecular formula is C11H15BrClN. The Morgan fingerprint density at radius 3 is 2.43 bits per heavy atom. The van der Waals surface area contributed by atoms with Crippen LogP contribution in [0.4, 0.5) is 0 Å². The van der Waals surface area contributed by atoms with Crippen molar-refractivity contribution >= 4 is 28.3 Å². The van der Waals surface area contributed by atoms with E-state index in [9.17, 15) is 0 Å². The summed E-state index contributed by atoms with van der Waals surface area (Å²) in [5.41, 5.74) is 1.61. The lowest BCUT2D eigenvalue weighted by atomic mass is 9.91. The van der Waals surface area contributed by atoms with Crippen LogP contribution in [0.15, 0.2) is 28.7 Å². The average molecular weight is 277 g/mol. The fourth-order valence-electron chi connectivity index (χ4n) is 1.96. The highest BCUT2D eigenvalue weighted by Crippen LogP contribution is 2.30. The third-order valence-electron chi connectivity index (χ3n) is 2.85. The first-order valence-electron chi connectivity index (χ1n) is 4.72. The number of halogens is 2. The molecule has 1 aliphatic heterocycles. The van der Waals surface area contributed by atoms with Crippen molar-refractivity contribution in [2.75, 3.05) is 6.54 Å². The van der Waals surface area contributed by atoms with E-state index < -0.39 is 0 Å². The topological polar surface area (TPSA) is 12.0 Å². The lowest BCUT2D eigenvalue weighted by Gasteiger charge is -2.24. The second kappa shape index (κ2) is 4.65. The minimum atomic E-state index is 0. The predicted octanol–water partition coefficient (Wildman–Crippen LogP) is 3.47. The number of hydrogen-bond acceptors (Lipinski definition) is 1. The molecular weight excluding hydrogens is 261 g/mol. The zero-order chi connectivity index (χ0) is 9.31. The number of benzene rings is 1. The summed E-state index contributed by atoms with van der Waals surface area (Å²) in [6.07, 6.45) is 2.53. The number of hydrogen-bond donors (Lipinski definition) is 1. The normalized spacial score (nSPS) is 25.9. The molecule has 1 unspecified atom stereocenters. The lowest BCUT2D eigenvalue weighted by molar-refractivity contribution is 0.435. The van der Waals surface area contributed by atoms with Gasteiger partial charge in [-0.05, 0) is 44.0 Å². The van der Waals surface area contributed by atoms with Gasteiger partial charge in [-0.25, -0.2) is 0 Å². The molecule has 1 aliphatic rings. The molecule has 2 rings (SSSR count). The summed E-state index contributed by atoms with van der Waals surface area (Å²) in [5, 5.41) is 3.55. The van der Waals surface area contributed by atoms with Crippen molar-refractivity contribution in [2.24, 2.45) is 0 Å². The summed E-state index contributed by atoms with van der Waals surface area (Å²) >= 11 is 3.45. The van der Waals surface area contributed by atoms with Crippen LogP contribution in [0.3, 0.4) is 0 Å². The van der Waals surface area contributed by atoms with Crippen molar-refractivity contribution < 1.29 is 0 Å². The zero-order valence-electron chi connectivity index (χ0n) is 8.22. The van der Waals surface area contributed by atoms with Gasteiger partial charge in [0.25, 0.3) is 0 Å². The van der Waals surface area contributed by atoms with E-state index in [2.05, 4.69) is 52.4 Å². The van der Waals surface area contributed by atoms with Crippen LogP contribution in [0.5, 0.6) is 0 Å². The van der Waals surface area contributed by atoms with Gasteiger partial charge in [0.05, 0.1) is 0 Å². The molecule has 1 aromatic carbocycles. The SMILES string of the molecule is CC1(c2ccc(Br)cc2)CCCN1.Cl. The van der Waals surface area contributed by atoms with Crippen LogP contribution in [0.2, 0.25) is 0 Å². The zero-order valence-corrected chi connectivity index (χ0v) is 10.6. The van der Waals surface area contributed by atoms with Crippen LogP contribution in [-0.2, 0) is 5.54 Å². The third kappa shape index (κ3) is 2.30. The van der Waals surface area contributed by atoms with Gasteiger partial charge in [-0.15, -0.1) is 12.4 Å². The predicted molar refractivity (Wildman–Crippen MR) is 66.0 cm³/mol. The molecule has 1 fully saturated rings. The van der Waals surface area contributed by atoms with Gasteiger partial charge in [-0.3, -0.25) is 0 Å². The van der Waals surface area contributed by atoms with Crippen molar-refractivity contribution in [1.82, 2.24) is 5.32 Å². The Kier molecular flexibility index (Phi) is 3.99. The highest BCUT2D eigenvalue weighted by atomic mass is 79.9. The molecule has 0 spiro atoms. The average Bonchev–Trinajstić information content (AvgIpc) is 2.54. The van der Waals surface area contributed by atoms with Crippen LogP contribution >= 0.6 is 28.3 Å². The van der Waals surface area contributed by atoms with Crippen LogP contribution in [0, 0.1) is 0 Å². The van der Waals surface area contributed by atoms with E-state index in [0.29, 0.717) is 0 Å². The van der Waals surface area contributed by atoms with E-state index in [4.69, 9.17) is 0 Å². The minimum Gasteiger partial charge on any atom is -0.308 e. The molecule has 1 atom stereocenters. The maximum absolute atomic E-state index is 3.55. The maximum Gasteiger partial charge on any atom is 0.0406 e. The molecule has 1 N–H and O–H groups in total. The Labute approximate surface area is 99.8 Å². The molecule has 1 saturated heterocycles. The van der Waals surface area contributed by atoms with Gasteiger partial charge in [-0.2, -0.15) is 0 Å². The molecule has 1 aromatic rings. The van der Waals surface area contributed by atoms with Gasteiger partial charge < -0.3 is 5.32 Å². The van der Waals surface area contributed by atoms with Crippen LogP contribution in [-0.4, -0.2) is 6.54 Å². The molecule has 0 radical (unpaired) electrons. The van der Waals surface area contributed by atoms with Crippen molar-refractivity contribution in [3.63, 3.8) is 0 Å². The molecule has 14 heavy (non-hydrogen) atoms.